The predicted octanol–water partition coefficient (Wildman–Crippen LogP) is 3.69. The van der Waals surface area contributed by atoms with Gasteiger partial charge in [-0.25, -0.2) is 4.39 Å². The van der Waals surface area contributed by atoms with Gasteiger partial charge in [-0.2, -0.15) is 0 Å². The molecule has 2 rings (SSSR count). The van der Waals surface area contributed by atoms with Crippen LogP contribution in [0.3, 0.4) is 0 Å². The summed E-state index contributed by atoms with van der Waals surface area (Å²) in [6, 6.07) is 5.69. The van der Waals surface area contributed by atoms with Crippen LogP contribution in [0, 0.1) is 11.7 Å². The maximum absolute atomic E-state index is 13.1. The molecule has 0 spiro atoms. The lowest BCUT2D eigenvalue weighted by Gasteiger charge is -2.30. The molecule has 2 nitrogen and oxygen atoms in total. The highest BCUT2D eigenvalue weighted by Gasteiger charge is 2.25. The van der Waals surface area contributed by atoms with Gasteiger partial charge >= 0.3 is 0 Å². The van der Waals surface area contributed by atoms with Gasteiger partial charge in [0.25, 0.3) is 0 Å². The van der Waals surface area contributed by atoms with E-state index in [0.717, 1.165) is 31.6 Å². The molecule has 0 aromatic heterocycles. The second-order valence-electron chi connectivity index (χ2n) is 6.11. The van der Waals surface area contributed by atoms with Crippen LogP contribution in [0.2, 0.25) is 5.02 Å². The van der Waals surface area contributed by atoms with E-state index < -0.39 is 0 Å². The van der Waals surface area contributed by atoms with Gasteiger partial charge in [0.2, 0.25) is 0 Å². The van der Waals surface area contributed by atoms with Crippen LogP contribution < -0.4 is 5.32 Å². The van der Waals surface area contributed by atoms with Gasteiger partial charge in [-0.3, -0.25) is 4.90 Å². The Morgan fingerprint density at radius 1 is 1.45 bits per heavy atom. The first-order chi connectivity index (χ1) is 9.47. The summed E-state index contributed by atoms with van der Waals surface area (Å²) in [7, 11) is 0. The average Bonchev–Trinajstić information content (AvgIpc) is 2.55. The summed E-state index contributed by atoms with van der Waals surface area (Å²) in [5, 5.41) is 4.14. The van der Waals surface area contributed by atoms with Crippen LogP contribution in [0.15, 0.2) is 18.2 Å². The standard InChI is InChI=1S/C16H24ClFN2/c1-11(2)16-10-20(12(3)6-7-19-16)9-13-4-5-14(18)8-15(13)17/h4-5,8,11-12,16,19H,6-7,9-10H2,1-3H3. The minimum absolute atomic E-state index is 0.274. The lowest BCUT2D eigenvalue weighted by molar-refractivity contribution is 0.184. The van der Waals surface area contributed by atoms with Gasteiger partial charge in [0.05, 0.1) is 0 Å². The summed E-state index contributed by atoms with van der Waals surface area (Å²) in [6.45, 7) is 9.59. The van der Waals surface area contributed by atoms with E-state index in [-0.39, 0.29) is 5.82 Å². The number of hydrogen-bond donors (Lipinski definition) is 1. The molecule has 0 amide bonds. The van der Waals surface area contributed by atoms with Crippen molar-refractivity contribution in [3.05, 3.63) is 34.6 Å². The van der Waals surface area contributed by atoms with Crippen LogP contribution >= 0.6 is 11.6 Å². The van der Waals surface area contributed by atoms with Crippen LogP contribution in [0.1, 0.15) is 32.8 Å². The number of halogens is 2. The molecule has 20 heavy (non-hydrogen) atoms. The Morgan fingerprint density at radius 3 is 2.85 bits per heavy atom. The lowest BCUT2D eigenvalue weighted by atomic mass is 10.0. The molecule has 112 valence electrons. The molecule has 1 fully saturated rings. The molecule has 2 unspecified atom stereocenters. The molecule has 0 aliphatic carbocycles. The van der Waals surface area contributed by atoms with E-state index in [1.54, 1.807) is 6.07 Å². The highest BCUT2D eigenvalue weighted by Crippen LogP contribution is 2.22. The van der Waals surface area contributed by atoms with E-state index in [4.69, 9.17) is 11.6 Å². The van der Waals surface area contributed by atoms with Crippen molar-refractivity contribution in [2.45, 2.75) is 45.8 Å². The molecule has 0 saturated carbocycles. The van der Waals surface area contributed by atoms with Crippen molar-refractivity contribution >= 4 is 11.6 Å². The summed E-state index contributed by atoms with van der Waals surface area (Å²) in [6.07, 6.45) is 1.13. The Labute approximate surface area is 126 Å². The SMILES string of the molecule is CC(C)C1CN(Cc2ccc(F)cc2Cl)C(C)CCN1. The average molecular weight is 299 g/mol. The van der Waals surface area contributed by atoms with Crippen molar-refractivity contribution in [1.29, 1.82) is 0 Å². The predicted molar refractivity (Wildman–Crippen MR) is 82.5 cm³/mol. The third-order valence-electron chi connectivity index (χ3n) is 4.22. The van der Waals surface area contributed by atoms with Crippen LogP contribution in [0.5, 0.6) is 0 Å². The summed E-state index contributed by atoms with van der Waals surface area (Å²) in [5.41, 5.74) is 1.00. The molecule has 1 heterocycles. The second kappa shape index (κ2) is 6.88. The first-order valence-corrected chi connectivity index (χ1v) is 7.76. The van der Waals surface area contributed by atoms with Gasteiger partial charge < -0.3 is 5.32 Å². The minimum atomic E-state index is -0.274. The quantitative estimate of drug-likeness (QED) is 0.915. The fourth-order valence-corrected chi connectivity index (χ4v) is 2.92. The Bertz CT molecular complexity index is 450. The van der Waals surface area contributed by atoms with Gasteiger partial charge in [0.15, 0.2) is 0 Å². The normalized spacial score (nSPS) is 24.9. The zero-order valence-corrected chi connectivity index (χ0v) is 13.3. The Kier molecular flexibility index (Phi) is 5.42. The number of nitrogens with one attached hydrogen (secondary N) is 1. The molecule has 4 heteroatoms. The van der Waals surface area contributed by atoms with Crippen LogP contribution in [-0.4, -0.2) is 30.1 Å². The molecule has 1 aromatic rings. The Morgan fingerprint density at radius 2 is 2.20 bits per heavy atom. The zero-order chi connectivity index (χ0) is 14.7. The molecule has 2 atom stereocenters. The fraction of sp³-hybridized carbons (Fsp3) is 0.625. The number of benzene rings is 1. The minimum Gasteiger partial charge on any atom is -0.312 e. The molecule has 1 aliphatic rings. The van der Waals surface area contributed by atoms with Crippen molar-refractivity contribution in [2.24, 2.45) is 5.92 Å². The topological polar surface area (TPSA) is 15.3 Å². The summed E-state index contributed by atoms with van der Waals surface area (Å²) >= 11 is 6.15. The van der Waals surface area contributed by atoms with Crippen molar-refractivity contribution in [2.75, 3.05) is 13.1 Å². The van der Waals surface area contributed by atoms with Crippen LogP contribution in [0.4, 0.5) is 4.39 Å². The summed E-state index contributed by atoms with van der Waals surface area (Å²) < 4.78 is 13.1. The first-order valence-electron chi connectivity index (χ1n) is 7.38. The molecule has 0 radical (unpaired) electrons. The lowest BCUT2D eigenvalue weighted by Crippen LogP contribution is -2.42. The van der Waals surface area contributed by atoms with Gasteiger partial charge in [-0.1, -0.05) is 31.5 Å². The van der Waals surface area contributed by atoms with Crippen molar-refractivity contribution in [3.8, 4) is 0 Å². The van der Waals surface area contributed by atoms with E-state index in [1.165, 1.54) is 12.1 Å². The number of hydrogen-bond acceptors (Lipinski definition) is 2. The van der Waals surface area contributed by atoms with Crippen LogP contribution in [-0.2, 0) is 6.54 Å². The fourth-order valence-electron chi connectivity index (χ4n) is 2.69. The van der Waals surface area contributed by atoms with E-state index >= 15 is 0 Å². The zero-order valence-electron chi connectivity index (χ0n) is 12.5. The van der Waals surface area contributed by atoms with Gasteiger partial charge in [0, 0.05) is 30.2 Å². The molecule has 0 bridgehead atoms. The first kappa shape index (κ1) is 15.7. The monoisotopic (exact) mass is 298 g/mol. The highest BCUT2D eigenvalue weighted by atomic mass is 35.5. The van der Waals surface area contributed by atoms with Crippen molar-refractivity contribution in [3.63, 3.8) is 0 Å². The third-order valence-corrected chi connectivity index (χ3v) is 4.57. The maximum Gasteiger partial charge on any atom is 0.124 e. The van der Waals surface area contributed by atoms with E-state index in [1.807, 2.05) is 0 Å². The van der Waals surface area contributed by atoms with E-state index in [9.17, 15) is 4.39 Å². The van der Waals surface area contributed by atoms with E-state index in [2.05, 4.69) is 31.0 Å². The van der Waals surface area contributed by atoms with Crippen molar-refractivity contribution in [1.82, 2.24) is 10.2 Å². The Balaban J connectivity index is 2.12. The molecule has 1 saturated heterocycles. The molecular weight excluding hydrogens is 275 g/mol. The van der Waals surface area contributed by atoms with Crippen molar-refractivity contribution < 1.29 is 4.39 Å². The molecule has 1 N–H and O–H groups in total. The van der Waals surface area contributed by atoms with Gasteiger partial charge in [-0.15, -0.1) is 0 Å². The molecule has 1 aliphatic heterocycles. The second-order valence-corrected chi connectivity index (χ2v) is 6.51. The smallest absolute Gasteiger partial charge is 0.124 e. The number of rotatable bonds is 3. The molecule has 1 aromatic carbocycles. The highest BCUT2D eigenvalue weighted by molar-refractivity contribution is 6.31. The van der Waals surface area contributed by atoms with Crippen LogP contribution in [0.25, 0.3) is 0 Å². The Hall–Kier alpha value is -0.640. The van der Waals surface area contributed by atoms with Gasteiger partial charge in [0.1, 0.15) is 5.82 Å². The third kappa shape index (κ3) is 3.94. The molecular formula is C16H24ClFN2. The van der Waals surface area contributed by atoms with E-state index in [0.29, 0.717) is 23.0 Å². The van der Waals surface area contributed by atoms with Gasteiger partial charge in [-0.05, 0) is 43.5 Å². The summed E-state index contributed by atoms with van der Waals surface area (Å²) in [4.78, 5) is 2.45. The summed E-state index contributed by atoms with van der Waals surface area (Å²) in [5.74, 6) is 0.330. The number of nitrogens with zero attached hydrogens (tertiary/aromatic N) is 1. The largest absolute Gasteiger partial charge is 0.312 e. The maximum atomic E-state index is 13.1.